The summed E-state index contributed by atoms with van der Waals surface area (Å²) in [6, 6.07) is 4.85. The summed E-state index contributed by atoms with van der Waals surface area (Å²) in [5.41, 5.74) is 0.464. The highest BCUT2D eigenvalue weighted by molar-refractivity contribution is 9.09. The SMILES string of the molecule is CC(=O)C1=C(O)C(=O)N(CCBr)C1c1ccc([N+](=O)[O-])cc1. The molecule has 2 rings (SSSR count). The average Bonchev–Trinajstić information content (AvgIpc) is 2.72. The van der Waals surface area contributed by atoms with Crippen molar-refractivity contribution in [2.24, 2.45) is 0 Å². The molecule has 22 heavy (non-hydrogen) atoms. The molecule has 1 amide bonds. The van der Waals surface area contributed by atoms with Crippen LogP contribution < -0.4 is 0 Å². The van der Waals surface area contributed by atoms with Crippen molar-refractivity contribution in [3.8, 4) is 0 Å². The van der Waals surface area contributed by atoms with E-state index in [1.807, 2.05) is 0 Å². The zero-order valence-corrected chi connectivity index (χ0v) is 13.2. The number of benzene rings is 1. The number of nitro benzene ring substituents is 1. The van der Waals surface area contributed by atoms with E-state index in [4.69, 9.17) is 0 Å². The number of nitro groups is 1. The predicted octanol–water partition coefficient (Wildman–Crippen LogP) is 2.27. The van der Waals surface area contributed by atoms with Crippen molar-refractivity contribution < 1.29 is 19.6 Å². The van der Waals surface area contributed by atoms with Gasteiger partial charge in [-0.1, -0.05) is 15.9 Å². The third-order valence-corrected chi connectivity index (χ3v) is 3.78. The molecular formula is C14H13BrN2O5. The molecule has 1 N–H and O–H groups in total. The number of carbonyl (C=O) groups is 2. The van der Waals surface area contributed by atoms with Gasteiger partial charge in [-0.3, -0.25) is 19.7 Å². The van der Waals surface area contributed by atoms with Crippen LogP contribution in [0.25, 0.3) is 0 Å². The predicted molar refractivity (Wildman–Crippen MR) is 81.7 cm³/mol. The molecule has 1 atom stereocenters. The summed E-state index contributed by atoms with van der Waals surface area (Å²) in [6.07, 6.45) is 0. The highest BCUT2D eigenvalue weighted by atomic mass is 79.9. The number of ketones is 1. The quantitative estimate of drug-likeness (QED) is 0.488. The van der Waals surface area contributed by atoms with Crippen LogP contribution in [0.3, 0.4) is 0 Å². The van der Waals surface area contributed by atoms with E-state index in [1.54, 1.807) is 0 Å². The van der Waals surface area contributed by atoms with Gasteiger partial charge in [-0.05, 0) is 24.6 Å². The van der Waals surface area contributed by atoms with Gasteiger partial charge >= 0.3 is 0 Å². The van der Waals surface area contributed by atoms with Gasteiger partial charge < -0.3 is 10.0 Å². The van der Waals surface area contributed by atoms with Gasteiger partial charge in [0.25, 0.3) is 11.6 Å². The van der Waals surface area contributed by atoms with E-state index < -0.39 is 28.4 Å². The van der Waals surface area contributed by atoms with E-state index in [-0.39, 0.29) is 11.3 Å². The second-order valence-corrected chi connectivity index (χ2v) is 5.55. The number of non-ortho nitro benzene ring substituents is 1. The van der Waals surface area contributed by atoms with Crippen molar-refractivity contribution in [1.82, 2.24) is 4.90 Å². The van der Waals surface area contributed by atoms with Crippen LogP contribution in [0.2, 0.25) is 0 Å². The van der Waals surface area contributed by atoms with Gasteiger partial charge in [0, 0.05) is 24.0 Å². The van der Waals surface area contributed by atoms with Gasteiger partial charge in [0.15, 0.2) is 11.5 Å². The number of hydrogen-bond donors (Lipinski definition) is 1. The Kier molecular flexibility index (Phi) is 4.60. The molecule has 0 spiro atoms. The molecule has 1 aliphatic heterocycles. The number of Topliss-reactive ketones (excluding diaryl/α,β-unsaturated/α-hetero) is 1. The third-order valence-electron chi connectivity index (χ3n) is 3.43. The monoisotopic (exact) mass is 368 g/mol. The summed E-state index contributed by atoms with van der Waals surface area (Å²) in [4.78, 5) is 35.4. The Bertz CT molecular complexity index is 668. The Labute approximate surface area is 134 Å². The number of hydrogen-bond acceptors (Lipinski definition) is 5. The fourth-order valence-electron chi connectivity index (χ4n) is 2.46. The highest BCUT2D eigenvalue weighted by Crippen LogP contribution is 2.37. The largest absolute Gasteiger partial charge is 0.503 e. The summed E-state index contributed by atoms with van der Waals surface area (Å²) >= 11 is 3.23. The van der Waals surface area contributed by atoms with Crippen molar-refractivity contribution in [2.75, 3.05) is 11.9 Å². The van der Waals surface area contributed by atoms with Crippen molar-refractivity contribution >= 4 is 33.3 Å². The molecule has 7 nitrogen and oxygen atoms in total. The number of amides is 1. The molecular weight excluding hydrogens is 356 g/mol. The highest BCUT2D eigenvalue weighted by Gasteiger charge is 2.41. The molecule has 0 radical (unpaired) electrons. The fourth-order valence-corrected chi connectivity index (χ4v) is 2.84. The first-order valence-electron chi connectivity index (χ1n) is 6.43. The van der Waals surface area contributed by atoms with E-state index in [1.165, 1.54) is 36.1 Å². The van der Waals surface area contributed by atoms with E-state index in [9.17, 15) is 24.8 Å². The van der Waals surface area contributed by atoms with Gasteiger partial charge in [-0.15, -0.1) is 0 Å². The first kappa shape index (κ1) is 16.2. The molecule has 0 fully saturated rings. The number of nitrogens with zero attached hydrogens (tertiary/aromatic N) is 2. The first-order chi connectivity index (χ1) is 10.4. The third kappa shape index (κ3) is 2.74. The van der Waals surface area contributed by atoms with E-state index in [0.29, 0.717) is 17.4 Å². The Hall–Kier alpha value is -2.22. The van der Waals surface area contributed by atoms with Gasteiger partial charge in [0.2, 0.25) is 0 Å². The Balaban J connectivity index is 2.49. The van der Waals surface area contributed by atoms with Crippen LogP contribution in [-0.2, 0) is 9.59 Å². The van der Waals surface area contributed by atoms with Crippen molar-refractivity contribution in [3.63, 3.8) is 0 Å². The maximum Gasteiger partial charge on any atom is 0.290 e. The second-order valence-electron chi connectivity index (χ2n) is 4.76. The van der Waals surface area contributed by atoms with Crippen LogP contribution in [0.1, 0.15) is 18.5 Å². The molecule has 0 aromatic heterocycles. The maximum atomic E-state index is 12.1. The van der Waals surface area contributed by atoms with Crippen LogP contribution in [0.5, 0.6) is 0 Å². The van der Waals surface area contributed by atoms with Crippen molar-refractivity contribution in [2.45, 2.75) is 13.0 Å². The zero-order chi connectivity index (χ0) is 16.4. The molecule has 1 aromatic carbocycles. The lowest BCUT2D eigenvalue weighted by molar-refractivity contribution is -0.384. The molecule has 8 heteroatoms. The van der Waals surface area contributed by atoms with Gasteiger partial charge in [0.1, 0.15) is 0 Å². The van der Waals surface area contributed by atoms with Gasteiger partial charge in [-0.25, -0.2) is 0 Å². The summed E-state index contributed by atoms with van der Waals surface area (Å²) in [6.45, 7) is 1.57. The van der Waals surface area contributed by atoms with Crippen molar-refractivity contribution in [3.05, 3.63) is 51.3 Å². The minimum absolute atomic E-state index is 0.0137. The van der Waals surface area contributed by atoms with E-state index >= 15 is 0 Å². The van der Waals surface area contributed by atoms with Crippen LogP contribution >= 0.6 is 15.9 Å². The summed E-state index contributed by atoms with van der Waals surface area (Å²) in [7, 11) is 0. The van der Waals surface area contributed by atoms with Gasteiger partial charge in [0.05, 0.1) is 16.5 Å². The second kappa shape index (κ2) is 6.27. The normalized spacial score (nSPS) is 18.0. The van der Waals surface area contributed by atoms with E-state index in [0.717, 1.165) is 0 Å². The topological polar surface area (TPSA) is 101 Å². The minimum atomic E-state index is -0.733. The first-order valence-corrected chi connectivity index (χ1v) is 7.56. The minimum Gasteiger partial charge on any atom is -0.503 e. The molecule has 0 saturated carbocycles. The van der Waals surface area contributed by atoms with Crippen molar-refractivity contribution in [1.29, 1.82) is 0 Å². The molecule has 1 aromatic rings. The molecule has 1 heterocycles. The summed E-state index contributed by atoms with van der Waals surface area (Å²) < 4.78 is 0. The lowest BCUT2D eigenvalue weighted by Crippen LogP contribution is -2.32. The molecule has 0 saturated heterocycles. The molecule has 116 valence electrons. The molecule has 1 unspecified atom stereocenters. The zero-order valence-electron chi connectivity index (χ0n) is 11.7. The molecule has 0 bridgehead atoms. The molecule has 0 aliphatic carbocycles. The lowest BCUT2D eigenvalue weighted by Gasteiger charge is -2.25. The number of halogens is 1. The lowest BCUT2D eigenvalue weighted by atomic mass is 9.96. The Morgan fingerprint density at radius 3 is 2.45 bits per heavy atom. The fraction of sp³-hybridized carbons (Fsp3) is 0.286. The number of aliphatic hydroxyl groups excluding tert-OH is 1. The van der Waals surface area contributed by atoms with E-state index in [2.05, 4.69) is 15.9 Å². The van der Waals surface area contributed by atoms with Gasteiger partial charge in [-0.2, -0.15) is 0 Å². The average molecular weight is 369 g/mol. The van der Waals surface area contributed by atoms with Crippen LogP contribution in [0.15, 0.2) is 35.6 Å². The standard InChI is InChI=1S/C14H13BrN2O5/c1-8(18)11-12(16(7-6-15)14(20)13(11)19)9-2-4-10(5-3-9)17(21)22/h2-5,12,19H,6-7H2,1H3. The maximum absolute atomic E-state index is 12.1. The number of aliphatic hydroxyl groups is 1. The number of rotatable bonds is 5. The molecule has 1 aliphatic rings. The summed E-state index contributed by atoms with van der Waals surface area (Å²) in [5, 5.41) is 21.1. The Morgan fingerprint density at radius 2 is 2.00 bits per heavy atom. The van der Waals surface area contributed by atoms with Crippen LogP contribution in [-0.4, -0.2) is 38.5 Å². The summed E-state index contributed by atoms with van der Waals surface area (Å²) in [5.74, 6) is -1.59. The van der Waals surface area contributed by atoms with Crippen LogP contribution in [0, 0.1) is 10.1 Å². The smallest absolute Gasteiger partial charge is 0.290 e. The van der Waals surface area contributed by atoms with Crippen LogP contribution in [0.4, 0.5) is 5.69 Å². The number of carbonyl (C=O) groups excluding carboxylic acids is 2. The Morgan fingerprint density at radius 1 is 1.41 bits per heavy atom. The number of alkyl halides is 1.